The zero-order valence-electron chi connectivity index (χ0n) is 9.52. The summed E-state index contributed by atoms with van der Waals surface area (Å²) in [6.07, 6.45) is 5.81. The molecular formula is C11H15N5S. The van der Waals surface area contributed by atoms with Crippen LogP contribution < -0.4 is 5.32 Å². The van der Waals surface area contributed by atoms with Crippen LogP contribution in [0, 0.1) is 5.92 Å². The Morgan fingerprint density at radius 2 is 2.18 bits per heavy atom. The third kappa shape index (κ3) is 2.36. The maximum atomic E-state index is 4.26. The number of nitrogens with one attached hydrogen (secondary N) is 2. The van der Waals surface area contributed by atoms with E-state index in [-0.39, 0.29) is 0 Å². The molecule has 2 aromatic rings. The Balaban J connectivity index is 1.69. The normalized spacial score (nSPS) is 17.4. The lowest BCUT2D eigenvalue weighted by Gasteiger charge is -2.21. The number of imidazole rings is 1. The zero-order valence-corrected chi connectivity index (χ0v) is 10.3. The van der Waals surface area contributed by atoms with Crippen molar-refractivity contribution in [3.63, 3.8) is 0 Å². The van der Waals surface area contributed by atoms with Crippen LogP contribution in [-0.2, 0) is 0 Å². The van der Waals surface area contributed by atoms with Gasteiger partial charge in [0.2, 0.25) is 0 Å². The van der Waals surface area contributed by atoms with E-state index in [1.54, 1.807) is 12.7 Å². The number of nitrogens with zero attached hydrogens (tertiary/aromatic N) is 3. The van der Waals surface area contributed by atoms with E-state index < -0.39 is 0 Å². The molecule has 0 amide bonds. The molecule has 2 aromatic heterocycles. The van der Waals surface area contributed by atoms with Crippen LogP contribution in [0.2, 0.25) is 0 Å². The van der Waals surface area contributed by atoms with Gasteiger partial charge < -0.3 is 10.3 Å². The smallest absolute Gasteiger partial charge is 0.182 e. The molecule has 3 heterocycles. The minimum atomic E-state index is 0.724. The number of H-pyrrole nitrogens is 1. The van der Waals surface area contributed by atoms with Crippen molar-refractivity contribution in [2.75, 3.05) is 23.4 Å². The highest BCUT2D eigenvalue weighted by molar-refractivity contribution is 7.99. The summed E-state index contributed by atoms with van der Waals surface area (Å²) in [5.41, 5.74) is 1.62. The molecule has 0 bridgehead atoms. The van der Waals surface area contributed by atoms with Crippen LogP contribution in [0.5, 0.6) is 0 Å². The molecule has 0 atom stereocenters. The minimum absolute atomic E-state index is 0.724. The van der Waals surface area contributed by atoms with Gasteiger partial charge in [0, 0.05) is 6.54 Å². The van der Waals surface area contributed by atoms with E-state index in [1.165, 1.54) is 24.3 Å². The van der Waals surface area contributed by atoms with Crippen LogP contribution in [0.25, 0.3) is 11.2 Å². The number of rotatable bonds is 3. The lowest BCUT2D eigenvalue weighted by molar-refractivity contribution is 0.515. The van der Waals surface area contributed by atoms with Gasteiger partial charge in [0.1, 0.15) is 11.8 Å². The topological polar surface area (TPSA) is 66.5 Å². The second kappa shape index (κ2) is 4.91. The highest BCUT2D eigenvalue weighted by atomic mass is 32.2. The first-order chi connectivity index (χ1) is 8.43. The summed E-state index contributed by atoms with van der Waals surface area (Å²) in [5, 5.41) is 3.41. The summed E-state index contributed by atoms with van der Waals surface area (Å²) in [6.45, 7) is 0.992. The third-order valence-corrected chi connectivity index (χ3v) is 4.17. The van der Waals surface area contributed by atoms with E-state index in [4.69, 9.17) is 0 Å². The van der Waals surface area contributed by atoms with Gasteiger partial charge in [-0.1, -0.05) is 0 Å². The van der Waals surface area contributed by atoms with E-state index >= 15 is 0 Å². The number of anilines is 1. The van der Waals surface area contributed by atoms with Gasteiger partial charge in [-0.05, 0) is 30.3 Å². The number of fused-ring (bicyclic) bond motifs is 1. The minimum Gasteiger partial charge on any atom is -0.368 e. The average molecular weight is 249 g/mol. The largest absolute Gasteiger partial charge is 0.368 e. The van der Waals surface area contributed by atoms with Crippen molar-refractivity contribution in [2.45, 2.75) is 12.8 Å². The van der Waals surface area contributed by atoms with Crippen LogP contribution in [-0.4, -0.2) is 38.0 Å². The Morgan fingerprint density at radius 3 is 3.06 bits per heavy atom. The van der Waals surface area contributed by atoms with E-state index in [9.17, 15) is 0 Å². The van der Waals surface area contributed by atoms with Crippen LogP contribution >= 0.6 is 11.8 Å². The fraction of sp³-hybridized carbons (Fsp3) is 0.545. The van der Waals surface area contributed by atoms with E-state index in [0.29, 0.717) is 0 Å². The predicted octanol–water partition coefficient (Wildman–Crippen LogP) is 1.91. The first-order valence-corrected chi connectivity index (χ1v) is 7.04. The highest BCUT2D eigenvalue weighted by Crippen LogP contribution is 2.23. The first-order valence-electron chi connectivity index (χ1n) is 5.89. The number of aromatic nitrogens is 4. The lowest BCUT2D eigenvalue weighted by Crippen LogP contribution is -2.19. The van der Waals surface area contributed by atoms with Crippen molar-refractivity contribution in [2.24, 2.45) is 5.92 Å². The van der Waals surface area contributed by atoms with E-state index in [2.05, 4.69) is 37.0 Å². The van der Waals surface area contributed by atoms with Crippen molar-refractivity contribution in [3.05, 3.63) is 12.7 Å². The summed E-state index contributed by atoms with van der Waals surface area (Å²) in [4.78, 5) is 15.6. The van der Waals surface area contributed by atoms with Gasteiger partial charge in [-0.2, -0.15) is 11.8 Å². The molecule has 2 N–H and O–H groups in total. The van der Waals surface area contributed by atoms with Crippen LogP contribution in [0.3, 0.4) is 0 Å². The quantitative estimate of drug-likeness (QED) is 0.869. The van der Waals surface area contributed by atoms with Gasteiger partial charge in [0.05, 0.1) is 6.33 Å². The summed E-state index contributed by atoms with van der Waals surface area (Å²) >= 11 is 2.05. The van der Waals surface area contributed by atoms with Gasteiger partial charge in [0.25, 0.3) is 0 Å². The van der Waals surface area contributed by atoms with Gasteiger partial charge in [-0.15, -0.1) is 0 Å². The molecular weight excluding hydrogens is 234 g/mol. The maximum Gasteiger partial charge on any atom is 0.182 e. The van der Waals surface area contributed by atoms with Crippen LogP contribution in [0.4, 0.5) is 5.82 Å². The van der Waals surface area contributed by atoms with Gasteiger partial charge in [-0.3, -0.25) is 0 Å². The second-order valence-electron chi connectivity index (χ2n) is 4.26. The number of hydrogen-bond donors (Lipinski definition) is 2. The van der Waals surface area contributed by atoms with Crippen LogP contribution in [0.15, 0.2) is 12.7 Å². The molecule has 17 heavy (non-hydrogen) atoms. The SMILES string of the molecule is c1nc(NCC2CCSCC2)c2[nH]cnc2n1. The number of thioether (sulfide) groups is 1. The van der Waals surface area contributed by atoms with E-state index in [0.717, 1.165) is 29.4 Å². The maximum absolute atomic E-state index is 4.26. The van der Waals surface area contributed by atoms with Gasteiger partial charge in [0.15, 0.2) is 11.5 Å². The molecule has 90 valence electrons. The first kappa shape index (κ1) is 10.8. The van der Waals surface area contributed by atoms with Crippen molar-refractivity contribution in [1.29, 1.82) is 0 Å². The lowest BCUT2D eigenvalue weighted by atomic mass is 10.0. The summed E-state index contributed by atoms with van der Waals surface area (Å²) in [6, 6.07) is 0. The fourth-order valence-electron chi connectivity index (χ4n) is 2.09. The summed E-state index contributed by atoms with van der Waals surface area (Å²) < 4.78 is 0. The predicted molar refractivity (Wildman–Crippen MR) is 70.2 cm³/mol. The summed E-state index contributed by atoms with van der Waals surface area (Å²) in [5.74, 6) is 4.21. The van der Waals surface area contributed by atoms with Crippen molar-refractivity contribution in [1.82, 2.24) is 19.9 Å². The standard InChI is InChI=1S/C11H15N5S/c1-3-17-4-2-8(1)5-12-10-9-11(14-6-13-9)16-7-15-10/h6-8H,1-5H2,(H2,12,13,14,15,16). The Labute approximate surface area is 104 Å². The molecule has 1 saturated heterocycles. The molecule has 1 aliphatic rings. The van der Waals surface area contributed by atoms with Crippen molar-refractivity contribution < 1.29 is 0 Å². The third-order valence-electron chi connectivity index (χ3n) is 3.12. The average Bonchev–Trinajstić information content (AvgIpc) is 2.86. The van der Waals surface area contributed by atoms with Crippen molar-refractivity contribution >= 4 is 28.7 Å². The van der Waals surface area contributed by atoms with Crippen molar-refractivity contribution in [3.8, 4) is 0 Å². The molecule has 6 heteroatoms. The Hall–Kier alpha value is -1.30. The van der Waals surface area contributed by atoms with E-state index in [1.807, 2.05) is 0 Å². The molecule has 5 nitrogen and oxygen atoms in total. The Bertz CT molecular complexity index is 491. The summed E-state index contributed by atoms with van der Waals surface area (Å²) in [7, 11) is 0. The fourth-order valence-corrected chi connectivity index (χ4v) is 3.29. The molecule has 0 radical (unpaired) electrons. The van der Waals surface area contributed by atoms with Gasteiger partial charge >= 0.3 is 0 Å². The Kier molecular flexibility index (Phi) is 3.13. The molecule has 1 aliphatic heterocycles. The molecule has 0 spiro atoms. The number of aromatic amines is 1. The highest BCUT2D eigenvalue weighted by Gasteiger charge is 2.14. The van der Waals surface area contributed by atoms with Gasteiger partial charge in [-0.25, -0.2) is 15.0 Å². The molecule has 0 saturated carbocycles. The molecule has 0 unspecified atom stereocenters. The molecule has 3 rings (SSSR count). The Morgan fingerprint density at radius 1 is 1.29 bits per heavy atom. The zero-order chi connectivity index (χ0) is 11.5. The second-order valence-corrected chi connectivity index (χ2v) is 5.48. The monoisotopic (exact) mass is 249 g/mol. The number of hydrogen-bond acceptors (Lipinski definition) is 5. The molecule has 0 aromatic carbocycles. The molecule has 0 aliphatic carbocycles. The molecule has 1 fully saturated rings. The van der Waals surface area contributed by atoms with Crippen LogP contribution in [0.1, 0.15) is 12.8 Å².